The first-order valence-electron chi connectivity index (χ1n) is 8.34. The number of hydrogen-bond acceptors (Lipinski definition) is 3. The van der Waals surface area contributed by atoms with Crippen molar-refractivity contribution in [2.24, 2.45) is 5.73 Å². The van der Waals surface area contributed by atoms with E-state index in [4.69, 9.17) is 10.8 Å². The molecule has 0 aliphatic heterocycles. The molecule has 0 saturated heterocycles. The predicted octanol–water partition coefficient (Wildman–Crippen LogP) is 2.11. The molecule has 0 unspecified atom stereocenters. The average Bonchev–Trinajstić information content (AvgIpc) is 2.90. The summed E-state index contributed by atoms with van der Waals surface area (Å²) < 4.78 is 2.12. The molecule has 1 amide bonds. The van der Waals surface area contributed by atoms with E-state index < -0.39 is 0 Å². The quantitative estimate of drug-likeness (QED) is 0.659. The highest BCUT2D eigenvalue weighted by Gasteiger charge is 2.11. The Hall–Kier alpha value is -1.85. The number of aliphatic hydroxyl groups excluding tert-OH is 1. The first-order valence-corrected chi connectivity index (χ1v) is 8.34. The molecule has 0 aliphatic rings. The topological polar surface area (TPSA) is 71.5 Å². The molecule has 1 aromatic heterocycles. The Kier molecular flexibility index (Phi) is 6.62. The zero-order valence-corrected chi connectivity index (χ0v) is 13.9. The van der Waals surface area contributed by atoms with Crippen LogP contribution in [-0.4, -0.2) is 40.2 Å². The van der Waals surface area contributed by atoms with Gasteiger partial charge in [-0.05, 0) is 37.6 Å². The molecule has 1 heterocycles. The number of benzene rings is 1. The number of rotatable bonds is 10. The number of primary amides is 1. The molecule has 5 heteroatoms. The van der Waals surface area contributed by atoms with Gasteiger partial charge in [-0.1, -0.05) is 25.1 Å². The maximum absolute atomic E-state index is 11.1. The van der Waals surface area contributed by atoms with E-state index in [2.05, 4.69) is 34.7 Å². The Balaban J connectivity index is 2.17. The average molecular weight is 317 g/mol. The van der Waals surface area contributed by atoms with Crippen LogP contribution in [0.25, 0.3) is 10.9 Å². The molecule has 5 nitrogen and oxygen atoms in total. The largest absolute Gasteiger partial charge is 0.396 e. The lowest BCUT2D eigenvalue weighted by atomic mass is 10.1. The molecular formula is C18H27N3O2. The highest BCUT2D eigenvalue weighted by atomic mass is 16.2. The van der Waals surface area contributed by atoms with E-state index in [-0.39, 0.29) is 12.5 Å². The third-order valence-electron chi connectivity index (χ3n) is 4.19. The van der Waals surface area contributed by atoms with Crippen LogP contribution < -0.4 is 5.73 Å². The lowest BCUT2D eigenvalue weighted by Crippen LogP contribution is -2.24. The molecule has 0 radical (unpaired) electrons. The van der Waals surface area contributed by atoms with Crippen molar-refractivity contribution in [1.29, 1.82) is 0 Å². The molecule has 0 aliphatic carbocycles. The zero-order valence-electron chi connectivity index (χ0n) is 13.9. The van der Waals surface area contributed by atoms with Crippen LogP contribution in [0.5, 0.6) is 0 Å². The minimum Gasteiger partial charge on any atom is -0.396 e. The molecule has 126 valence electrons. The Morgan fingerprint density at radius 2 is 2.09 bits per heavy atom. The fraction of sp³-hybridized carbons (Fsp3) is 0.500. The smallest absolute Gasteiger partial charge is 0.219 e. The number of nitrogens with zero attached hydrogens (tertiary/aromatic N) is 2. The van der Waals surface area contributed by atoms with E-state index in [1.54, 1.807) is 0 Å². The van der Waals surface area contributed by atoms with Crippen molar-refractivity contribution >= 4 is 16.8 Å². The summed E-state index contributed by atoms with van der Waals surface area (Å²) in [7, 11) is 0. The van der Waals surface area contributed by atoms with Crippen molar-refractivity contribution in [3.63, 3.8) is 0 Å². The highest BCUT2D eigenvalue weighted by Crippen LogP contribution is 2.23. The standard InChI is InChI=1S/C18H27N3O2/c1-2-20(10-5-6-12-22)13-15-14-21(11-9-18(19)23)17-8-4-3-7-16(15)17/h3-4,7-8,14,22H,2,5-6,9-13H2,1H3,(H2,19,23). The summed E-state index contributed by atoms with van der Waals surface area (Å²) >= 11 is 0. The number of aromatic nitrogens is 1. The van der Waals surface area contributed by atoms with E-state index in [1.807, 2.05) is 12.1 Å². The van der Waals surface area contributed by atoms with Crippen LogP contribution in [0.3, 0.4) is 0 Å². The van der Waals surface area contributed by atoms with Crippen LogP contribution in [0.2, 0.25) is 0 Å². The summed E-state index contributed by atoms with van der Waals surface area (Å²) in [6.07, 6.45) is 4.34. The Morgan fingerprint density at radius 3 is 2.78 bits per heavy atom. The van der Waals surface area contributed by atoms with E-state index in [0.29, 0.717) is 13.0 Å². The highest BCUT2D eigenvalue weighted by molar-refractivity contribution is 5.84. The molecule has 0 bridgehead atoms. The van der Waals surface area contributed by atoms with Crippen LogP contribution in [0.1, 0.15) is 31.7 Å². The molecule has 3 N–H and O–H groups in total. The second kappa shape index (κ2) is 8.70. The number of unbranched alkanes of at least 4 members (excludes halogenated alkanes) is 1. The van der Waals surface area contributed by atoms with Crippen molar-refractivity contribution in [1.82, 2.24) is 9.47 Å². The third-order valence-corrected chi connectivity index (χ3v) is 4.19. The van der Waals surface area contributed by atoms with Crippen molar-refractivity contribution < 1.29 is 9.90 Å². The zero-order chi connectivity index (χ0) is 16.7. The van der Waals surface area contributed by atoms with Gasteiger partial charge in [-0.3, -0.25) is 9.69 Å². The first kappa shape index (κ1) is 17.5. The summed E-state index contributed by atoms with van der Waals surface area (Å²) in [5.74, 6) is -0.275. The Bertz CT molecular complexity index is 636. The maximum Gasteiger partial charge on any atom is 0.219 e. The van der Waals surface area contributed by atoms with Gasteiger partial charge in [0.1, 0.15) is 0 Å². The molecular weight excluding hydrogens is 290 g/mol. The van der Waals surface area contributed by atoms with Gasteiger partial charge in [-0.2, -0.15) is 0 Å². The molecule has 1 aromatic carbocycles. The van der Waals surface area contributed by atoms with Gasteiger partial charge in [0.2, 0.25) is 5.91 Å². The van der Waals surface area contributed by atoms with Gasteiger partial charge < -0.3 is 15.4 Å². The van der Waals surface area contributed by atoms with Crippen LogP contribution in [0.15, 0.2) is 30.5 Å². The van der Waals surface area contributed by atoms with Crippen molar-refractivity contribution in [3.05, 3.63) is 36.0 Å². The summed E-state index contributed by atoms with van der Waals surface area (Å²) in [4.78, 5) is 13.5. The molecule has 2 rings (SSSR count). The molecule has 0 saturated carbocycles. The van der Waals surface area contributed by atoms with Crippen LogP contribution in [-0.2, 0) is 17.9 Å². The van der Waals surface area contributed by atoms with Crippen molar-refractivity contribution in [3.8, 4) is 0 Å². The van der Waals surface area contributed by atoms with E-state index >= 15 is 0 Å². The van der Waals surface area contributed by atoms with Gasteiger partial charge >= 0.3 is 0 Å². The number of nitrogens with two attached hydrogens (primary N) is 1. The third kappa shape index (κ3) is 4.81. The predicted molar refractivity (Wildman–Crippen MR) is 93.0 cm³/mol. The van der Waals surface area contributed by atoms with Gasteiger partial charge in [0, 0.05) is 43.2 Å². The number of amides is 1. The van der Waals surface area contributed by atoms with Gasteiger partial charge in [0.25, 0.3) is 0 Å². The number of fused-ring (bicyclic) bond motifs is 1. The summed E-state index contributed by atoms with van der Waals surface area (Å²) in [5, 5.41) is 10.2. The molecule has 23 heavy (non-hydrogen) atoms. The first-order chi connectivity index (χ1) is 11.2. The fourth-order valence-corrected chi connectivity index (χ4v) is 2.90. The number of carbonyl (C=O) groups is 1. The number of aryl methyl sites for hydroxylation is 1. The normalized spacial score (nSPS) is 11.4. The Labute approximate surface area is 137 Å². The van der Waals surface area contributed by atoms with Crippen LogP contribution in [0.4, 0.5) is 0 Å². The van der Waals surface area contributed by atoms with Crippen molar-refractivity contribution in [2.75, 3.05) is 19.7 Å². The van der Waals surface area contributed by atoms with Crippen LogP contribution in [0, 0.1) is 0 Å². The molecule has 0 spiro atoms. The maximum atomic E-state index is 11.1. The second-order valence-electron chi connectivity index (χ2n) is 5.88. The van der Waals surface area contributed by atoms with Gasteiger partial charge in [-0.15, -0.1) is 0 Å². The van der Waals surface area contributed by atoms with Gasteiger partial charge in [0.05, 0.1) is 0 Å². The van der Waals surface area contributed by atoms with Crippen LogP contribution >= 0.6 is 0 Å². The van der Waals surface area contributed by atoms with E-state index in [9.17, 15) is 4.79 Å². The molecule has 0 atom stereocenters. The second-order valence-corrected chi connectivity index (χ2v) is 5.88. The fourth-order valence-electron chi connectivity index (χ4n) is 2.90. The van der Waals surface area contributed by atoms with Gasteiger partial charge in [0.15, 0.2) is 0 Å². The Morgan fingerprint density at radius 1 is 1.30 bits per heavy atom. The lowest BCUT2D eigenvalue weighted by Gasteiger charge is -2.19. The number of hydrogen-bond donors (Lipinski definition) is 2. The van der Waals surface area contributed by atoms with Gasteiger partial charge in [-0.25, -0.2) is 0 Å². The molecule has 0 fully saturated rings. The number of para-hydroxylation sites is 1. The summed E-state index contributed by atoms with van der Waals surface area (Å²) in [6, 6.07) is 8.28. The lowest BCUT2D eigenvalue weighted by molar-refractivity contribution is -0.118. The number of carbonyl (C=O) groups excluding carboxylic acids is 1. The SMILES string of the molecule is CCN(CCCCO)Cc1cn(CCC(N)=O)c2ccccc12. The van der Waals surface area contributed by atoms with E-state index in [0.717, 1.165) is 38.0 Å². The minimum atomic E-state index is -0.275. The molecule has 2 aromatic rings. The number of aliphatic hydroxyl groups is 1. The minimum absolute atomic E-state index is 0.254. The van der Waals surface area contributed by atoms with Crippen molar-refractivity contribution in [2.45, 2.75) is 39.3 Å². The van der Waals surface area contributed by atoms with E-state index in [1.165, 1.54) is 10.9 Å². The summed E-state index contributed by atoms with van der Waals surface area (Å²) in [6.45, 7) is 5.87. The monoisotopic (exact) mass is 317 g/mol. The summed E-state index contributed by atoms with van der Waals surface area (Å²) in [5.41, 5.74) is 7.70.